The summed E-state index contributed by atoms with van der Waals surface area (Å²) in [5.41, 5.74) is 2.21. The maximum Gasteiger partial charge on any atom is 0.329 e. The van der Waals surface area contributed by atoms with Crippen LogP contribution in [0.2, 0.25) is 0 Å². The van der Waals surface area contributed by atoms with Crippen molar-refractivity contribution in [2.75, 3.05) is 16.9 Å². The minimum atomic E-state index is -0.472. The highest BCUT2D eigenvalue weighted by Crippen LogP contribution is 2.31. The van der Waals surface area contributed by atoms with Crippen molar-refractivity contribution in [2.45, 2.75) is 25.8 Å². The maximum absolute atomic E-state index is 10.9. The summed E-state index contributed by atoms with van der Waals surface area (Å²) in [4.78, 5) is 20.2. The lowest BCUT2D eigenvalue weighted by Crippen LogP contribution is -2.28. The van der Waals surface area contributed by atoms with Crippen molar-refractivity contribution < 1.29 is 4.92 Å². The fourth-order valence-electron chi connectivity index (χ4n) is 2.02. The second-order valence-electron chi connectivity index (χ2n) is 3.99. The number of nitrogens with one attached hydrogen (secondary N) is 1. The number of hydrogen-bond donors (Lipinski definition) is 2. The Hall–Kier alpha value is -1.96. The lowest BCUT2D eigenvalue weighted by atomic mass is 10.2. The van der Waals surface area contributed by atoms with E-state index in [4.69, 9.17) is 5.84 Å². The topological polar surface area (TPSA) is 110 Å². The van der Waals surface area contributed by atoms with Crippen molar-refractivity contribution in [2.24, 2.45) is 5.84 Å². The van der Waals surface area contributed by atoms with Crippen LogP contribution in [-0.4, -0.2) is 27.5 Å². The number of nitro groups is 1. The molecule has 17 heavy (non-hydrogen) atoms. The normalized spacial score (nSPS) is 19.4. The van der Waals surface area contributed by atoms with E-state index in [9.17, 15) is 10.1 Å². The van der Waals surface area contributed by atoms with Crippen LogP contribution in [0.4, 0.5) is 17.5 Å². The molecule has 1 atom stereocenters. The monoisotopic (exact) mass is 238 g/mol. The Bertz CT molecular complexity index is 437. The fraction of sp³-hybridized carbons (Fsp3) is 0.556. The van der Waals surface area contributed by atoms with E-state index in [-0.39, 0.29) is 17.7 Å². The molecule has 1 unspecified atom stereocenters. The molecule has 3 N–H and O–H groups in total. The molecule has 1 saturated heterocycles. The molecular weight excluding hydrogens is 224 g/mol. The lowest BCUT2D eigenvalue weighted by molar-refractivity contribution is -0.384. The van der Waals surface area contributed by atoms with Gasteiger partial charge >= 0.3 is 5.69 Å². The number of nitrogens with zero attached hydrogens (tertiary/aromatic N) is 4. The smallest absolute Gasteiger partial charge is 0.329 e. The highest BCUT2D eigenvalue weighted by Gasteiger charge is 2.29. The SMILES string of the molecule is CC1CCCN1c1nc(NN)ncc1[N+](=O)[O-]. The van der Waals surface area contributed by atoms with Gasteiger partial charge in [-0.3, -0.25) is 15.5 Å². The zero-order valence-electron chi connectivity index (χ0n) is 9.46. The van der Waals surface area contributed by atoms with Crippen molar-refractivity contribution in [3.8, 4) is 0 Å². The molecule has 0 radical (unpaired) electrons. The van der Waals surface area contributed by atoms with Crippen LogP contribution in [0.5, 0.6) is 0 Å². The van der Waals surface area contributed by atoms with Gasteiger partial charge in [0.25, 0.3) is 0 Å². The van der Waals surface area contributed by atoms with Crippen molar-refractivity contribution in [3.63, 3.8) is 0 Å². The summed E-state index contributed by atoms with van der Waals surface area (Å²) in [6, 6.07) is 0.245. The molecule has 1 fully saturated rings. The fourth-order valence-corrected chi connectivity index (χ4v) is 2.02. The first-order valence-electron chi connectivity index (χ1n) is 5.38. The molecule has 0 aliphatic carbocycles. The summed E-state index contributed by atoms with van der Waals surface area (Å²) in [5.74, 6) is 5.74. The zero-order valence-corrected chi connectivity index (χ0v) is 9.46. The molecule has 0 saturated carbocycles. The van der Waals surface area contributed by atoms with Crippen LogP contribution >= 0.6 is 0 Å². The quantitative estimate of drug-likeness (QED) is 0.452. The van der Waals surface area contributed by atoms with Gasteiger partial charge in [0.15, 0.2) is 0 Å². The van der Waals surface area contributed by atoms with E-state index >= 15 is 0 Å². The molecule has 1 aliphatic heterocycles. The average molecular weight is 238 g/mol. The molecule has 0 aromatic carbocycles. The van der Waals surface area contributed by atoms with Crippen LogP contribution in [0.15, 0.2) is 6.20 Å². The van der Waals surface area contributed by atoms with E-state index in [0.717, 1.165) is 19.4 Å². The highest BCUT2D eigenvalue weighted by molar-refractivity contribution is 5.59. The van der Waals surface area contributed by atoms with Gasteiger partial charge in [0, 0.05) is 12.6 Å². The number of nitrogen functional groups attached to an aromatic ring is 1. The summed E-state index contributed by atoms with van der Waals surface area (Å²) in [5, 5.41) is 10.9. The van der Waals surface area contributed by atoms with Gasteiger partial charge in [-0.1, -0.05) is 0 Å². The van der Waals surface area contributed by atoms with Crippen molar-refractivity contribution in [1.82, 2.24) is 9.97 Å². The van der Waals surface area contributed by atoms with E-state index in [1.807, 2.05) is 11.8 Å². The maximum atomic E-state index is 10.9. The molecule has 8 nitrogen and oxygen atoms in total. The summed E-state index contributed by atoms with van der Waals surface area (Å²) in [6.45, 7) is 2.79. The number of hydrogen-bond acceptors (Lipinski definition) is 7. The number of anilines is 2. The minimum Gasteiger partial charge on any atom is -0.348 e. The van der Waals surface area contributed by atoms with Crippen molar-refractivity contribution in [3.05, 3.63) is 16.3 Å². The first kappa shape index (κ1) is 11.5. The molecule has 2 heterocycles. The zero-order chi connectivity index (χ0) is 12.4. The average Bonchev–Trinajstić information content (AvgIpc) is 2.74. The van der Waals surface area contributed by atoms with Crippen LogP contribution in [0.1, 0.15) is 19.8 Å². The van der Waals surface area contributed by atoms with Crippen LogP contribution in [0.25, 0.3) is 0 Å². The summed E-state index contributed by atoms with van der Waals surface area (Å²) in [7, 11) is 0. The second kappa shape index (κ2) is 4.50. The first-order valence-corrected chi connectivity index (χ1v) is 5.38. The van der Waals surface area contributed by atoms with Crippen molar-refractivity contribution in [1.29, 1.82) is 0 Å². The molecule has 0 amide bonds. The van der Waals surface area contributed by atoms with Gasteiger partial charge in [0.1, 0.15) is 6.20 Å². The van der Waals surface area contributed by atoms with E-state index in [1.165, 1.54) is 6.20 Å². The van der Waals surface area contributed by atoms with E-state index in [2.05, 4.69) is 15.4 Å². The van der Waals surface area contributed by atoms with Gasteiger partial charge in [0.05, 0.1) is 4.92 Å². The van der Waals surface area contributed by atoms with E-state index in [1.54, 1.807) is 0 Å². The van der Waals surface area contributed by atoms with Gasteiger partial charge in [-0.15, -0.1) is 0 Å². The molecule has 1 aromatic heterocycles. The molecule has 1 aromatic rings. The Labute approximate surface area is 98.0 Å². The Balaban J connectivity index is 2.44. The molecular formula is C9H14N6O2. The molecule has 92 valence electrons. The Morgan fingerprint density at radius 2 is 2.47 bits per heavy atom. The number of nitrogens with two attached hydrogens (primary N) is 1. The van der Waals surface area contributed by atoms with Crippen LogP contribution in [0.3, 0.4) is 0 Å². The number of rotatable bonds is 3. The van der Waals surface area contributed by atoms with Gasteiger partial charge in [0.2, 0.25) is 11.8 Å². The lowest BCUT2D eigenvalue weighted by Gasteiger charge is -2.22. The Morgan fingerprint density at radius 1 is 1.71 bits per heavy atom. The van der Waals surface area contributed by atoms with E-state index in [0.29, 0.717) is 5.82 Å². The predicted molar refractivity (Wildman–Crippen MR) is 62.5 cm³/mol. The number of hydrazine groups is 1. The largest absolute Gasteiger partial charge is 0.348 e. The van der Waals surface area contributed by atoms with Crippen LogP contribution in [-0.2, 0) is 0 Å². The Morgan fingerprint density at radius 3 is 3.00 bits per heavy atom. The first-order chi connectivity index (χ1) is 8.13. The highest BCUT2D eigenvalue weighted by atomic mass is 16.6. The summed E-state index contributed by atoms with van der Waals surface area (Å²) in [6.07, 6.45) is 3.20. The molecule has 8 heteroatoms. The second-order valence-corrected chi connectivity index (χ2v) is 3.99. The third-order valence-electron chi connectivity index (χ3n) is 2.90. The summed E-state index contributed by atoms with van der Waals surface area (Å²) < 4.78 is 0. The van der Waals surface area contributed by atoms with Gasteiger partial charge < -0.3 is 4.90 Å². The third kappa shape index (κ3) is 2.11. The van der Waals surface area contributed by atoms with Crippen LogP contribution in [0, 0.1) is 10.1 Å². The van der Waals surface area contributed by atoms with Crippen molar-refractivity contribution >= 4 is 17.5 Å². The predicted octanol–water partition coefficient (Wildman–Crippen LogP) is 0.659. The minimum absolute atomic E-state index is 0.0854. The van der Waals surface area contributed by atoms with Gasteiger partial charge in [-0.05, 0) is 19.8 Å². The van der Waals surface area contributed by atoms with Gasteiger partial charge in [-0.25, -0.2) is 10.8 Å². The Kier molecular flexibility index (Phi) is 3.05. The number of aromatic nitrogens is 2. The van der Waals surface area contributed by atoms with Crippen LogP contribution < -0.4 is 16.2 Å². The molecule has 2 rings (SSSR count). The standard InChI is InChI=1S/C9H14N6O2/c1-6-3-2-4-14(6)8-7(15(16)17)5-11-9(12-8)13-10/h5-6H,2-4,10H2,1H3,(H,11,12,13). The molecule has 0 spiro atoms. The van der Waals surface area contributed by atoms with E-state index < -0.39 is 4.92 Å². The van der Waals surface area contributed by atoms with Gasteiger partial charge in [-0.2, -0.15) is 4.98 Å². The third-order valence-corrected chi connectivity index (χ3v) is 2.90. The summed E-state index contributed by atoms with van der Waals surface area (Å²) >= 11 is 0. The molecule has 0 bridgehead atoms. The molecule has 1 aliphatic rings.